The van der Waals surface area contributed by atoms with E-state index in [0.29, 0.717) is 0 Å². The van der Waals surface area contributed by atoms with Crippen LogP contribution in [0.4, 0.5) is 9.18 Å². The monoisotopic (exact) mass is 493 g/mol. The smallest absolute Gasteiger partial charge is 0.407 e. The summed E-state index contributed by atoms with van der Waals surface area (Å²) in [5.74, 6) is -1.74. The first-order valence-electron chi connectivity index (χ1n) is 11.8. The number of alkyl carbamates (subject to hydrolysis) is 1. The van der Waals surface area contributed by atoms with Gasteiger partial charge in [0.25, 0.3) is 0 Å². The van der Waals surface area contributed by atoms with Crippen molar-refractivity contribution in [1.82, 2.24) is 5.32 Å². The average Bonchev–Trinajstić information content (AvgIpc) is 3.19. The van der Waals surface area contributed by atoms with Gasteiger partial charge in [0.05, 0.1) is 6.10 Å². The number of nitrogens with one attached hydrogen (secondary N) is 1. The van der Waals surface area contributed by atoms with Crippen LogP contribution in [0.3, 0.4) is 0 Å². The second-order valence-electron chi connectivity index (χ2n) is 8.80. The topological polar surface area (TPSA) is 116 Å². The third kappa shape index (κ3) is 5.72. The molecule has 7 nitrogen and oxygen atoms in total. The predicted molar refractivity (Wildman–Crippen MR) is 131 cm³/mol. The number of rotatable bonds is 10. The van der Waals surface area contributed by atoms with Crippen LogP contribution in [0.5, 0.6) is 0 Å². The number of halogens is 1. The van der Waals surface area contributed by atoms with Gasteiger partial charge in [-0.25, -0.2) is 9.18 Å². The van der Waals surface area contributed by atoms with E-state index >= 15 is 0 Å². The van der Waals surface area contributed by atoms with Crippen LogP contribution in [0.2, 0.25) is 0 Å². The number of ether oxygens (including phenoxy) is 1. The lowest BCUT2D eigenvalue weighted by Gasteiger charge is -2.19. The highest BCUT2D eigenvalue weighted by molar-refractivity contribution is 5.79. The molecule has 1 aliphatic carbocycles. The number of hydrogen-bond acceptors (Lipinski definition) is 5. The number of aliphatic hydroxyl groups excluding tert-OH is 2. The number of hydrogen-bond donors (Lipinski definition) is 4. The maximum absolute atomic E-state index is 14.2. The quantitative estimate of drug-likeness (QED) is 0.337. The number of carboxylic acid groups (broad SMARTS) is 1. The molecule has 0 heterocycles. The first kappa shape index (κ1) is 25.3. The highest BCUT2D eigenvalue weighted by atomic mass is 19.1. The Kier molecular flexibility index (Phi) is 7.97. The van der Waals surface area contributed by atoms with E-state index in [1.807, 2.05) is 36.4 Å². The van der Waals surface area contributed by atoms with Crippen molar-refractivity contribution in [2.24, 2.45) is 0 Å². The van der Waals surface area contributed by atoms with Crippen LogP contribution in [0.25, 0.3) is 11.1 Å². The molecular weight excluding hydrogens is 465 g/mol. The van der Waals surface area contributed by atoms with Gasteiger partial charge in [-0.1, -0.05) is 60.7 Å². The summed E-state index contributed by atoms with van der Waals surface area (Å²) in [6.45, 7) is 0.215. The molecule has 4 rings (SSSR count). The zero-order chi connectivity index (χ0) is 25.7. The van der Waals surface area contributed by atoms with Gasteiger partial charge in [-0.05, 0) is 52.3 Å². The number of benzene rings is 3. The summed E-state index contributed by atoms with van der Waals surface area (Å²) in [6, 6.07) is 20.0. The standard InChI is InChI=1S/C28H28FNO6/c29-24-15-18(10-9-17(24)11-12-26(32)33)27(34)25(31)13-14-30-28(35)36-16-23-21-7-3-1-5-19(21)20-6-2-4-8-22(20)23/h1-10,15,23,25,27,31,34H,11-14,16H2,(H,30,35)(H,32,33). The molecule has 36 heavy (non-hydrogen) atoms. The zero-order valence-electron chi connectivity index (χ0n) is 19.6. The van der Waals surface area contributed by atoms with Crippen molar-refractivity contribution < 1.29 is 34.0 Å². The summed E-state index contributed by atoms with van der Waals surface area (Å²) < 4.78 is 19.7. The summed E-state index contributed by atoms with van der Waals surface area (Å²) in [5, 5.41) is 32.0. The summed E-state index contributed by atoms with van der Waals surface area (Å²) >= 11 is 0. The predicted octanol–water partition coefficient (Wildman–Crippen LogP) is 4.17. The molecule has 1 aliphatic rings. The Morgan fingerprint density at radius 1 is 0.972 bits per heavy atom. The molecule has 0 saturated heterocycles. The van der Waals surface area contributed by atoms with E-state index < -0.39 is 30.1 Å². The molecule has 8 heteroatoms. The maximum atomic E-state index is 14.2. The van der Waals surface area contributed by atoms with Crippen LogP contribution in [0.15, 0.2) is 66.7 Å². The van der Waals surface area contributed by atoms with Gasteiger partial charge in [0.1, 0.15) is 18.5 Å². The largest absolute Gasteiger partial charge is 0.481 e. The van der Waals surface area contributed by atoms with Crippen molar-refractivity contribution in [2.75, 3.05) is 13.2 Å². The van der Waals surface area contributed by atoms with Crippen molar-refractivity contribution >= 4 is 12.1 Å². The number of fused-ring (bicyclic) bond motifs is 3. The molecule has 2 unspecified atom stereocenters. The van der Waals surface area contributed by atoms with Crippen LogP contribution in [-0.2, 0) is 16.0 Å². The Hall–Kier alpha value is -3.75. The lowest BCUT2D eigenvalue weighted by Crippen LogP contribution is -2.30. The van der Waals surface area contributed by atoms with E-state index in [-0.39, 0.29) is 49.5 Å². The summed E-state index contributed by atoms with van der Waals surface area (Å²) in [5.41, 5.74) is 4.86. The third-order valence-electron chi connectivity index (χ3n) is 6.44. The van der Waals surface area contributed by atoms with Gasteiger partial charge in [-0.2, -0.15) is 0 Å². The van der Waals surface area contributed by atoms with Crippen LogP contribution >= 0.6 is 0 Å². The van der Waals surface area contributed by atoms with E-state index in [9.17, 15) is 24.2 Å². The van der Waals surface area contributed by atoms with Crippen molar-refractivity contribution in [3.63, 3.8) is 0 Å². The molecule has 0 spiro atoms. The third-order valence-corrected chi connectivity index (χ3v) is 6.44. The molecule has 0 saturated carbocycles. The van der Waals surface area contributed by atoms with Gasteiger partial charge >= 0.3 is 12.1 Å². The summed E-state index contributed by atoms with van der Waals surface area (Å²) in [7, 11) is 0. The average molecular weight is 494 g/mol. The van der Waals surface area contributed by atoms with Gasteiger partial charge in [0.2, 0.25) is 0 Å². The SMILES string of the molecule is O=C(O)CCc1ccc(C(O)C(O)CCNC(=O)OCC2c3ccccc3-c3ccccc32)cc1F. The number of aliphatic carboxylic acids is 1. The van der Waals surface area contributed by atoms with Gasteiger partial charge in [0, 0.05) is 18.9 Å². The fourth-order valence-electron chi connectivity index (χ4n) is 4.54. The highest BCUT2D eigenvalue weighted by Gasteiger charge is 2.29. The Bertz CT molecular complexity index is 1200. The lowest BCUT2D eigenvalue weighted by molar-refractivity contribution is -0.136. The summed E-state index contributed by atoms with van der Waals surface area (Å²) in [4.78, 5) is 22.9. The van der Waals surface area contributed by atoms with Gasteiger partial charge in [0.15, 0.2) is 0 Å². The molecule has 3 aromatic rings. The lowest BCUT2D eigenvalue weighted by atomic mass is 9.98. The molecule has 2 atom stereocenters. The van der Waals surface area contributed by atoms with Gasteiger partial charge in [-0.15, -0.1) is 0 Å². The molecule has 0 aliphatic heterocycles. The Morgan fingerprint density at radius 2 is 1.61 bits per heavy atom. The maximum Gasteiger partial charge on any atom is 0.407 e. The van der Waals surface area contributed by atoms with Crippen LogP contribution in [0, 0.1) is 5.82 Å². The van der Waals surface area contributed by atoms with E-state index in [4.69, 9.17) is 9.84 Å². The minimum atomic E-state index is -1.36. The minimum absolute atomic E-state index is 0.0216. The van der Waals surface area contributed by atoms with Gasteiger partial charge < -0.3 is 25.4 Å². The molecule has 4 N–H and O–H groups in total. The normalized spacial score (nSPS) is 14.0. The van der Waals surface area contributed by atoms with E-state index in [2.05, 4.69) is 17.4 Å². The molecule has 188 valence electrons. The number of carbonyl (C=O) groups is 2. The van der Waals surface area contributed by atoms with Crippen LogP contribution in [0.1, 0.15) is 47.1 Å². The Morgan fingerprint density at radius 3 is 2.22 bits per heavy atom. The molecule has 1 amide bonds. The number of aliphatic hydroxyl groups is 2. The minimum Gasteiger partial charge on any atom is -0.481 e. The van der Waals surface area contributed by atoms with Crippen LogP contribution in [-0.4, -0.2) is 46.6 Å². The van der Waals surface area contributed by atoms with E-state index in [0.717, 1.165) is 28.3 Å². The summed E-state index contributed by atoms with van der Waals surface area (Å²) in [6.07, 6.45) is -3.39. The second-order valence-corrected chi connectivity index (χ2v) is 8.80. The molecule has 0 bridgehead atoms. The molecule has 0 radical (unpaired) electrons. The Balaban J connectivity index is 1.25. The number of aryl methyl sites for hydroxylation is 1. The zero-order valence-corrected chi connectivity index (χ0v) is 19.6. The van der Waals surface area contributed by atoms with Crippen molar-refractivity contribution in [2.45, 2.75) is 37.4 Å². The first-order chi connectivity index (χ1) is 17.3. The van der Waals surface area contributed by atoms with Crippen molar-refractivity contribution in [3.8, 4) is 11.1 Å². The number of amides is 1. The first-order valence-corrected chi connectivity index (χ1v) is 11.8. The molecule has 0 aromatic heterocycles. The van der Waals surface area contributed by atoms with Crippen LogP contribution < -0.4 is 5.32 Å². The van der Waals surface area contributed by atoms with Crippen molar-refractivity contribution in [3.05, 3.63) is 94.8 Å². The van der Waals surface area contributed by atoms with Gasteiger partial charge in [-0.3, -0.25) is 4.79 Å². The molecular formula is C28H28FNO6. The Labute approximate surface area is 208 Å². The number of carbonyl (C=O) groups excluding carboxylic acids is 1. The van der Waals surface area contributed by atoms with Crippen molar-refractivity contribution in [1.29, 1.82) is 0 Å². The van der Waals surface area contributed by atoms with E-state index in [1.165, 1.54) is 12.1 Å². The molecule has 3 aromatic carbocycles. The second kappa shape index (κ2) is 11.3. The number of carboxylic acids is 1. The fraction of sp³-hybridized carbons (Fsp3) is 0.286. The molecule has 0 fully saturated rings. The fourth-order valence-corrected chi connectivity index (χ4v) is 4.54. The van der Waals surface area contributed by atoms with E-state index in [1.54, 1.807) is 0 Å². The highest BCUT2D eigenvalue weighted by Crippen LogP contribution is 2.44.